The van der Waals surface area contributed by atoms with Crippen molar-refractivity contribution in [3.8, 4) is 0 Å². The Hall–Kier alpha value is -3.52. The lowest BCUT2D eigenvalue weighted by Crippen LogP contribution is -2.58. The van der Waals surface area contributed by atoms with E-state index in [-0.39, 0.29) is 6.42 Å². The number of nitrogens with one attached hydrogen (secondary N) is 4. The molecule has 30 heavy (non-hydrogen) atoms. The van der Waals surface area contributed by atoms with Crippen LogP contribution in [-0.2, 0) is 30.4 Å². The van der Waals surface area contributed by atoms with Gasteiger partial charge in [-0.2, -0.15) is 0 Å². The second-order valence-electron chi connectivity index (χ2n) is 6.37. The Balaban J connectivity index is 3.02. The van der Waals surface area contributed by atoms with Crippen molar-refractivity contribution in [1.82, 2.24) is 25.9 Å². The number of hydrogen-bond donors (Lipinski definition) is 8. The number of hydrogen-bond acceptors (Lipinski definition) is 8. The van der Waals surface area contributed by atoms with Gasteiger partial charge in [0, 0.05) is 18.3 Å². The molecule has 14 nitrogen and oxygen atoms in total. The summed E-state index contributed by atoms with van der Waals surface area (Å²) in [7, 11) is 0. The summed E-state index contributed by atoms with van der Waals surface area (Å²) in [6.45, 7) is 0.443. The van der Waals surface area contributed by atoms with Gasteiger partial charge in [0.05, 0.1) is 25.4 Å². The Morgan fingerprint density at radius 2 is 1.60 bits per heavy atom. The van der Waals surface area contributed by atoms with E-state index in [9.17, 15) is 24.0 Å². The molecule has 1 rings (SSSR count). The molecule has 1 aromatic heterocycles. The fourth-order valence-electron chi connectivity index (χ4n) is 2.24. The van der Waals surface area contributed by atoms with Crippen LogP contribution in [0.1, 0.15) is 19.0 Å². The summed E-state index contributed by atoms with van der Waals surface area (Å²) in [6, 6.07) is -5.54. The maximum Gasteiger partial charge on any atom is 0.328 e. The minimum Gasteiger partial charge on any atom is -0.481 e. The highest BCUT2D eigenvalue weighted by Crippen LogP contribution is 2.03. The predicted molar refractivity (Wildman–Crippen MR) is 98.7 cm³/mol. The van der Waals surface area contributed by atoms with Crippen molar-refractivity contribution in [2.75, 3.05) is 6.61 Å². The fraction of sp³-hybridized carbons (Fsp3) is 0.500. The summed E-state index contributed by atoms with van der Waals surface area (Å²) in [4.78, 5) is 65.4. The molecule has 14 heteroatoms. The van der Waals surface area contributed by atoms with Crippen LogP contribution in [0.3, 0.4) is 0 Å². The molecule has 4 unspecified atom stereocenters. The van der Waals surface area contributed by atoms with E-state index in [2.05, 4.69) is 25.9 Å². The van der Waals surface area contributed by atoms with Crippen molar-refractivity contribution in [3.05, 3.63) is 18.2 Å². The third-order valence-corrected chi connectivity index (χ3v) is 3.83. The number of imidazole rings is 1. The zero-order valence-electron chi connectivity index (χ0n) is 16.0. The third-order valence-electron chi connectivity index (χ3n) is 3.83. The van der Waals surface area contributed by atoms with Gasteiger partial charge in [-0.15, -0.1) is 0 Å². The second kappa shape index (κ2) is 11.5. The van der Waals surface area contributed by atoms with Crippen LogP contribution in [0.2, 0.25) is 0 Å². The average molecular weight is 428 g/mol. The average Bonchev–Trinajstić information content (AvgIpc) is 3.16. The number of amides is 3. The van der Waals surface area contributed by atoms with Crippen LogP contribution in [0.4, 0.5) is 0 Å². The van der Waals surface area contributed by atoms with Gasteiger partial charge in [-0.05, 0) is 6.92 Å². The number of aromatic amines is 1. The van der Waals surface area contributed by atoms with Crippen LogP contribution in [0.25, 0.3) is 0 Å². The molecule has 4 atom stereocenters. The lowest BCUT2D eigenvalue weighted by Gasteiger charge is -2.23. The van der Waals surface area contributed by atoms with Crippen molar-refractivity contribution >= 4 is 29.7 Å². The monoisotopic (exact) mass is 428 g/mol. The quantitative estimate of drug-likeness (QED) is 0.162. The van der Waals surface area contributed by atoms with Gasteiger partial charge in [-0.3, -0.25) is 19.2 Å². The third kappa shape index (κ3) is 7.84. The van der Waals surface area contributed by atoms with Gasteiger partial charge in [-0.25, -0.2) is 9.78 Å². The highest BCUT2D eigenvalue weighted by molar-refractivity contribution is 5.95. The van der Waals surface area contributed by atoms with E-state index in [1.54, 1.807) is 0 Å². The van der Waals surface area contributed by atoms with Crippen LogP contribution >= 0.6 is 0 Å². The SMILES string of the molecule is CC(N)C(=O)NC(CC(=O)O)C(=O)NC(Cc1cnc[nH]1)C(=O)NC(CO)C(=O)O. The van der Waals surface area contributed by atoms with Crippen LogP contribution in [0.15, 0.2) is 12.5 Å². The lowest BCUT2D eigenvalue weighted by molar-refractivity contribution is -0.144. The number of H-pyrrole nitrogens is 1. The van der Waals surface area contributed by atoms with Gasteiger partial charge in [0.15, 0.2) is 0 Å². The van der Waals surface area contributed by atoms with Crippen LogP contribution in [-0.4, -0.2) is 85.7 Å². The van der Waals surface area contributed by atoms with E-state index < -0.39 is 66.9 Å². The molecule has 0 aromatic carbocycles. The largest absolute Gasteiger partial charge is 0.481 e. The minimum absolute atomic E-state index is 0.156. The molecular weight excluding hydrogens is 404 g/mol. The van der Waals surface area contributed by atoms with Crippen molar-refractivity contribution in [1.29, 1.82) is 0 Å². The molecule has 0 radical (unpaired) electrons. The number of nitrogens with zero attached hydrogens (tertiary/aromatic N) is 1. The lowest BCUT2D eigenvalue weighted by atomic mass is 10.1. The number of aromatic nitrogens is 2. The molecule has 3 amide bonds. The molecule has 0 fully saturated rings. The molecule has 1 heterocycles. The first kappa shape index (κ1) is 24.5. The first-order valence-electron chi connectivity index (χ1n) is 8.74. The van der Waals surface area contributed by atoms with Gasteiger partial charge in [-0.1, -0.05) is 0 Å². The van der Waals surface area contributed by atoms with Gasteiger partial charge >= 0.3 is 11.9 Å². The minimum atomic E-state index is -1.62. The van der Waals surface area contributed by atoms with Crippen molar-refractivity contribution < 1.29 is 39.3 Å². The molecule has 0 saturated heterocycles. The normalized spacial score (nSPS) is 14.6. The van der Waals surface area contributed by atoms with Gasteiger partial charge in [0.25, 0.3) is 0 Å². The number of carbonyl (C=O) groups is 5. The van der Waals surface area contributed by atoms with Crippen molar-refractivity contribution in [3.63, 3.8) is 0 Å². The molecule has 0 aliphatic carbocycles. The molecular formula is C16H24N6O8. The summed E-state index contributed by atoms with van der Waals surface area (Å²) in [6.07, 6.45) is 1.74. The van der Waals surface area contributed by atoms with E-state index in [1.807, 2.05) is 0 Å². The zero-order valence-corrected chi connectivity index (χ0v) is 16.0. The van der Waals surface area contributed by atoms with E-state index in [1.165, 1.54) is 19.4 Å². The number of nitrogens with two attached hydrogens (primary N) is 1. The standard InChI is InChI=1S/C16H24N6O8/c1-7(17)13(26)20-10(3-12(24)25)15(28)21-9(2-8-4-18-6-19-8)14(27)22-11(5-23)16(29)30/h4,6-7,9-11,23H,2-3,5,17H2,1H3,(H,18,19)(H,20,26)(H,21,28)(H,22,27)(H,24,25)(H,29,30). The first-order chi connectivity index (χ1) is 14.0. The Labute approximate surface area is 170 Å². The van der Waals surface area contributed by atoms with Gasteiger partial charge in [0.2, 0.25) is 17.7 Å². The highest BCUT2D eigenvalue weighted by atomic mass is 16.4. The number of aliphatic carboxylic acids is 2. The summed E-state index contributed by atoms with van der Waals surface area (Å²) < 4.78 is 0. The second-order valence-corrected chi connectivity index (χ2v) is 6.37. The van der Waals surface area contributed by atoms with E-state index in [0.29, 0.717) is 5.69 Å². The van der Waals surface area contributed by atoms with Crippen LogP contribution in [0.5, 0.6) is 0 Å². The Morgan fingerprint density at radius 3 is 2.07 bits per heavy atom. The summed E-state index contributed by atoms with van der Waals surface area (Å²) >= 11 is 0. The molecule has 166 valence electrons. The Kier molecular flexibility index (Phi) is 9.38. The summed E-state index contributed by atoms with van der Waals surface area (Å²) in [5.74, 6) is -5.61. The number of carboxylic acids is 2. The molecule has 0 aliphatic rings. The highest BCUT2D eigenvalue weighted by Gasteiger charge is 2.31. The Bertz CT molecular complexity index is 766. The molecule has 0 saturated carbocycles. The molecule has 0 bridgehead atoms. The molecule has 1 aromatic rings. The van der Waals surface area contributed by atoms with Crippen molar-refractivity contribution in [2.45, 2.75) is 43.9 Å². The maximum absolute atomic E-state index is 12.6. The fourth-order valence-corrected chi connectivity index (χ4v) is 2.24. The summed E-state index contributed by atoms with van der Waals surface area (Å²) in [5.41, 5.74) is 5.81. The van der Waals surface area contributed by atoms with Gasteiger partial charge < -0.3 is 42.0 Å². The van der Waals surface area contributed by atoms with Gasteiger partial charge in [0.1, 0.15) is 18.1 Å². The van der Waals surface area contributed by atoms with Crippen LogP contribution in [0, 0.1) is 0 Å². The van der Waals surface area contributed by atoms with E-state index in [0.717, 1.165) is 0 Å². The molecule has 0 aliphatic heterocycles. The zero-order chi connectivity index (χ0) is 22.8. The maximum atomic E-state index is 12.6. The topological polar surface area (TPSA) is 237 Å². The Morgan fingerprint density at radius 1 is 1.03 bits per heavy atom. The predicted octanol–water partition coefficient (Wildman–Crippen LogP) is -3.69. The number of rotatable bonds is 12. The number of carbonyl (C=O) groups excluding carboxylic acids is 3. The van der Waals surface area contributed by atoms with E-state index in [4.69, 9.17) is 21.1 Å². The smallest absolute Gasteiger partial charge is 0.328 e. The summed E-state index contributed by atoms with van der Waals surface area (Å²) in [5, 5.41) is 33.6. The van der Waals surface area contributed by atoms with Crippen molar-refractivity contribution in [2.24, 2.45) is 5.73 Å². The molecule has 9 N–H and O–H groups in total. The van der Waals surface area contributed by atoms with E-state index >= 15 is 0 Å². The number of aliphatic hydroxyl groups excluding tert-OH is 1. The van der Waals surface area contributed by atoms with Crippen LogP contribution < -0.4 is 21.7 Å². The molecule has 0 spiro atoms. The number of aliphatic hydroxyl groups is 1. The number of carboxylic acid groups (broad SMARTS) is 2. The first-order valence-corrected chi connectivity index (χ1v) is 8.74.